The van der Waals surface area contributed by atoms with Gasteiger partial charge in [0.05, 0.1) is 19.5 Å². The van der Waals surface area contributed by atoms with Crippen LogP contribution >= 0.6 is 0 Å². The second-order valence-corrected chi connectivity index (χ2v) is 8.41. The Balaban J connectivity index is 4.80. The molecule has 0 aliphatic carbocycles. The molecule has 0 aromatic carbocycles. The Kier molecular flexibility index (Phi) is 15.4. The molecule has 1 N–H and O–H groups in total. The van der Waals surface area contributed by atoms with Gasteiger partial charge in [-0.3, -0.25) is 0 Å². The van der Waals surface area contributed by atoms with Gasteiger partial charge in [-0.15, -0.1) is 0 Å². The zero-order chi connectivity index (χ0) is 19.7. The largest absolute Gasteiger partial charge is 0.502 e. The van der Waals surface area contributed by atoms with Crippen LogP contribution in [0.4, 0.5) is 4.79 Å². The minimum absolute atomic E-state index is 0.0546. The fourth-order valence-corrected chi connectivity index (χ4v) is 5.24. The summed E-state index contributed by atoms with van der Waals surface area (Å²) >= 11 is 0. The van der Waals surface area contributed by atoms with Crippen molar-refractivity contribution in [1.82, 2.24) is 5.32 Å². The van der Waals surface area contributed by atoms with Gasteiger partial charge >= 0.3 is 14.9 Å². The summed E-state index contributed by atoms with van der Waals surface area (Å²) in [5.41, 5.74) is 0. The molecular weight excluding hydrogens is 354 g/mol. The first-order valence-corrected chi connectivity index (χ1v) is 11.6. The summed E-state index contributed by atoms with van der Waals surface area (Å²) in [5, 5.41) is 2.94. The SMILES string of the molecule is C=COCCCC(CC[Si](OCC)(OCC)OCC)NC(=O)OCCC. The average molecular weight is 392 g/mol. The fraction of sp³-hybridized carbons (Fsp3) is 0.833. The lowest BCUT2D eigenvalue weighted by atomic mass is 10.1. The maximum atomic E-state index is 11.9. The maximum absolute atomic E-state index is 11.9. The van der Waals surface area contributed by atoms with E-state index in [9.17, 15) is 4.79 Å². The van der Waals surface area contributed by atoms with Crippen LogP contribution in [-0.4, -0.2) is 54.0 Å². The number of amides is 1. The number of rotatable bonds is 17. The maximum Gasteiger partial charge on any atom is 0.501 e. The topological polar surface area (TPSA) is 75.3 Å². The number of hydrogen-bond donors (Lipinski definition) is 1. The lowest BCUT2D eigenvalue weighted by Crippen LogP contribution is -2.47. The minimum Gasteiger partial charge on any atom is -0.502 e. The van der Waals surface area contributed by atoms with Crippen LogP contribution in [-0.2, 0) is 22.8 Å². The molecule has 8 heteroatoms. The van der Waals surface area contributed by atoms with E-state index < -0.39 is 14.9 Å². The summed E-state index contributed by atoms with van der Waals surface area (Å²) in [6.07, 6.45) is 4.09. The van der Waals surface area contributed by atoms with Crippen LogP contribution in [0, 0.1) is 0 Å². The fourth-order valence-electron chi connectivity index (χ4n) is 2.54. The standard InChI is InChI=1S/C18H37NO6Si/c1-6-14-22-18(20)19-17(12-11-15-21-7-2)13-16-26(23-8-3,24-9-4)25-10-5/h7,17H,2,6,8-16H2,1,3-5H3,(H,19,20). The normalized spacial score (nSPS) is 12.5. The van der Waals surface area contributed by atoms with Gasteiger partial charge in [-0.25, -0.2) is 4.79 Å². The molecule has 0 saturated carbocycles. The van der Waals surface area contributed by atoms with Gasteiger partial charge in [0.1, 0.15) is 0 Å². The van der Waals surface area contributed by atoms with E-state index in [1.165, 1.54) is 6.26 Å². The van der Waals surface area contributed by atoms with Gasteiger partial charge < -0.3 is 28.1 Å². The Hall–Kier alpha value is -1.09. The second kappa shape index (κ2) is 16.1. The predicted octanol–water partition coefficient (Wildman–Crippen LogP) is 3.87. The van der Waals surface area contributed by atoms with E-state index in [1.807, 2.05) is 27.7 Å². The lowest BCUT2D eigenvalue weighted by Gasteiger charge is -2.30. The first-order chi connectivity index (χ1) is 12.6. The van der Waals surface area contributed by atoms with E-state index in [0.29, 0.717) is 45.5 Å². The van der Waals surface area contributed by atoms with Crippen molar-refractivity contribution in [3.05, 3.63) is 12.8 Å². The van der Waals surface area contributed by atoms with Gasteiger partial charge in [-0.1, -0.05) is 13.5 Å². The van der Waals surface area contributed by atoms with Gasteiger partial charge in [0, 0.05) is 31.9 Å². The molecule has 1 amide bonds. The molecule has 0 aliphatic rings. The smallest absolute Gasteiger partial charge is 0.501 e. The van der Waals surface area contributed by atoms with Crippen LogP contribution in [0.1, 0.15) is 53.4 Å². The molecule has 0 bridgehead atoms. The Bertz CT molecular complexity index is 353. The van der Waals surface area contributed by atoms with Crippen molar-refractivity contribution >= 4 is 14.9 Å². The summed E-state index contributed by atoms with van der Waals surface area (Å²) in [7, 11) is -2.73. The molecule has 154 valence electrons. The second-order valence-electron chi connectivity index (χ2n) is 5.68. The number of ether oxygens (including phenoxy) is 2. The Morgan fingerprint density at radius 2 is 1.65 bits per heavy atom. The predicted molar refractivity (Wildman–Crippen MR) is 104 cm³/mol. The van der Waals surface area contributed by atoms with E-state index >= 15 is 0 Å². The summed E-state index contributed by atoms with van der Waals surface area (Å²) < 4.78 is 28.0. The molecule has 0 rings (SSSR count). The molecule has 1 atom stereocenters. The summed E-state index contributed by atoms with van der Waals surface area (Å²) in [4.78, 5) is 11.9. The third-order valence-electron chi connectivity index (χ3n) is 3.58. The Labute approximate surface area is 159 Å². The van der Waals surface area contributed by atoms with Gasteiger partial charge in [-0.2, -0.15) is 0 Å². The van der Waals surface area contributed by atoms with Crippen LogP contribution < -0.4 is 5.32 Å². The van der Waals surface area contributed by atoms with Crippen molar-refractivity contribution in [3.8, 4) is 0 Å². The van der Waals surface area contributed by atoms with Crippen LogP contribution in [0.25, 0.3) is 0 Å². The average Bonchev–Trinajstić information content (AvgIpc) is 2.62. The van der Waals surface area contributed by atoms with E-state index in [-0.39, 0.29) is 6.04 Å². The third kappa shape index (κ3) is 11.5. The molecule has 7 nitrogen and oxygen atoms in total. The van der Waals surface area contributed by atoms with Crippen LogP contribution in [0.3, 0.4) is 0 Å². The first-order valence-electron chi connectivity index (χ1n) is 9.65. The zero-order valence-electron chi connectivity index (χ0n) is 16.9. The summed E-state index contributed by atoms with van der Waals surface area (Å²) in [6, 6.07) is 0.588. The quantitative estimate of drug-likeness (QED) is 0.230. The highest BCUT2D eigenvalue weighted by Crippen LogP contribution is 2.21. The van der Waals surface area contributed by atoms with Gasteiger partial charge in [0.25, 0.3) is 0 Å². The molecule has 0 spiro atoms. The van der Waals surface area contributed by atoms with E-state index in [2.05, 4.69) is 11.9 Å². The van der Waals surface area contributed by atoms with Gasteiger partial charge in [0.15, 0.2) is 0 Å². The van der Waals surface area contributed by atoms with Crippen molar-refractivity contribution in [3.63, 3.8) is 0 Å². The first kappa shape index (κ1) is 24.9. The highest BCUT2D eigenvalue weighted by molar-refractivity contribution is 6.60. The molecule has 1 unspecified atom stereocenters. The third-order valence-corrected chi connectivity index (χ3v) is 6.67. The number of alkyl carbamates (subject to hydrolysis) is 1. The molecule has 0 aromatic rings. The van der Waals surface area contributed by atoms with Crippen molar-refractivity contribution in [2.24, 2.45) is 0 Å². The van der Waals surface area contributed by atoms with Crippen molar-refractivity contribution in [1.29, 1.82) is 0 Å². The van der Waals surface area contributed by atoms with Gasteiger partial charge in [-0.05, 0) is 46.5 Å². The van der Waals surface area contributed by atoms with E-state index in [1.54, 1.807) is 0 Å². The minimum atomic E-state index is -2.73. The molecule has 26 heavy (non-hydrogen) atoms. The summed E-state index contributed by atoms with van der Waals surface area (Å²) in [5.74, 6) is 0. The van der Waals surface area contributed by atoms with Crippen LogP contribution in [0.5, 0.6) is 0 Å². The molecule has 0 aromatic heterocycles. The molecule has 0 radical (unpaired) electrons. The highest BCUT2D eigenvalue weighted by atomic mass is 28.4. The van der Waals surface area contributed by atoms with Crippen LogP contribution in [0.2, 0.25) is 6.04 Å². The van der Waals surface area contributed by atoms with Gasteiger partial charge in [0.2, 0.25) is 0 Å². The van der Waals surface area contributed by atoms with E-state index in [0.717, 1.165) is 19.3 Å². The number of nitrogens with one attached hydrogen (secondary N) is 1. The van der Waals surface area contributed by atoms with Crippen molar-refractivity contribution in [2.45, 2.75) is 65.5 Å². The Morgan fingerprint density at radius 3 is 2.15 bits per heavy atom. The molecule has 0 fully saturated rings. The summed E-state index contributed by atoms with van der Waals surface area (Å²) in [6.45, 7) is 13.9. The molecule has 0 saturated heterocycles. The lowest BCUT2D eigenvalue weighted by molar-refractivity contribution is 0.0695. The zero-order valence-corrected chi connectivity index (χ0v) is 17.9. The monoisotopic (exact) mass is 391 g/mol. The molecule has 0 heterocycles. The molecular formula is C18H37NO6Si. The van der Waals surface area contributed by atoms with E-state index in [4.69, 9.17) is 22.8 Å². The number of carbonyl (C=O) groups is 1. The van der Waals surface area contributed by atoms with Crippen molar-refractivity contribution < 1.29 is 27.5 Å². The number of carbonyl (C=O) groups excluding carboxylic acids is 1. The Morgan fingerprint density at radius 1 is 1.04 bits per heavy atom. The number of hydrogen-bond acceptors (Lipinski definition) is 6. The molecule has 0 aliphatic heterocycles. The highest BCUT2D eigenvalue weighted by Gasteiger charge is 2.40. The van der Waals surface area contributed by atoms with Crippen LogP contribution in [0.15, 0.2) is 12.8 Å². The van der Waals surface area contributed by atoms with Crippen molar-refractivity contribution in [2.75, 3.05) is 33.0 Å².